The summed E-state index contributed by atoms with van der Waals surface area (Å²) in [6, 6.07) is 2.84. The minimum atomic E-state index is -0.972. The lowest BCUT2D eigenvalue weighted by Crippen LogP contribution is -2.42. The van der Waals surface area contributed by atoms with Gasteiger partial charge in [0.2, 0.25) is 0 Å². The molecule has 1 aromatic rings. The van der Waals surface area contributed by atoms with Gasteiger partial charge >= 0.3 is 6.03 Å². The number of halogens is 2. The number of benzene rings is 1. The maximum atomic E-state index is 12.9. The molecule has 92 valence electrons. The van der Waals surface area contributed by atoms with E-state index in [2.05, 4.69) is 15.9 Å². The lowest BCUT2D eigenvalue weighted by atomic mass is 10.3. The third kappa shape index (κ3) is 4.03. The highest BCUT2D eigenvalue weighted by atomic mass is 79.9. The number of hydrogen-bond donors (Lipinski definition) is 2. The van der Waals surface area contributed by atoms with Crippen molar-refractivity contribution in [1.29, 1.82) is 0 Å². The molecule has 0 heterocycles. The van der Waals surface area contributed by atoms with Crippen LogP contribution in [0.1, 0.15) is 6.92 Å². The molecule has 0 aliphatic heterocycles. The standard InChI is InChI=1S/C10H10BrFN2O3/c1-5(9(15)14-10(13)16)17-8-4-6(12)2-3-7(8)11/h2-5H,1H3,(H3,13,14,15,16). The Kier molecular flexibility index (Phi) is 4.45. The van der Waals surface area contributed by atoms with Gasteiger partial charge in [-0.15, -0.1) is 0 Å². The topological polar surface area (TPSA) is 81.4 Å². The van der Waals surface area contributed by atoms with E-state index in [1.54, 1.807) is 0 Å². The Morgan fingerprint density at radius 3 is 2.76 bits per heavy atom. The van der Waals surface area contributed by atoms with Gasteiger partial charge in [0, 0.05) is 6.07 Å². The van der Waals surface area contributed by atoms with E-state index >= 15 is 0 Å². The molecule has 7 heteroatoms. The van der Waals surface area contributed by atoms with Crippen molar-refractivity contribution in [2.24, 2.45) is 5.73 Å². The number of nitrogens with one attached hydrogen (secondary N) is 1. The summed E-state index contributed by atoms with van der Waals surface area (Å²) in [4.78, 5) is 21.8. The molecule has 1 unspecified atom stereocenters. The first kappa shape index (κ1) is 13.4. The summed E-state index contributed by atoms with van der Waals surface area (Å²) < 4.78 is 18.6. The third-order valence-electron chi connectivity index (χ3n) is 1.81. The molecule has 1 atom stereocenters. The van der Waals surface area contributed by atoms with Crippen molar-refractivity contribution in [3.63, 3.8) is 0 Å². The lowest BCUT2D eigenvalue weighted by Gasteiger charge is -2.14. The van der Waals surface area contributed by atoms with Crippen LogP contribution >= 0.6 is 15.9 Å². The van der Waals surface area contributed by atoms with Gasteiger partial charge in [0.05, 0.1) is 4.47 Å². The number of imide groups is 1. The number of ether oxygens (including phenoxy) is 1. The maximum absolute atomic E-state index is 12.9. The van der Waals surface area contributed by atoms with E-state index in [-0.39, 0.29) is 5.75 Å². The summed E-state index contributed by atoms with van der Waals surface area (Å²) in [5, 5.41) is 1.86. The zero-order valence-corrected chi connectivity index (χ0v) is 10.5. The largest absolute Gasteiger partial charge is 0.480 e. The SMILES string of the molecule is CC(Oc1cc(F)ccc1Br)C(=O)NC(N)=O. The van der Waals surface area contributed by atoms with E-state index in [0.717, 1.165) is 6.07 Å². The number of primary amides is 1. The molecule has 3 N–H and O–H groups in total. The van der Waals surface area contributed by atoms with E-state index in [1.807, 2.05) is 5.32 Å². The van der Waals surface area contributed by atoms with Crippen molar-refractivity contribution in [3.8, 4) is 5.75 Å². The van der Waals surface area contributed by atoms with Crippen LogP contribution in [-0.4, -0.2) is 18.0 Å². The molecule has 0 aliphatic rings. The molecule has 1 aromatic carbocycles. The van der Waals surface area contributed by atoms with Crippen LogP contribution in [0.15, 0.2) is 22.7 Å². The Bertz CT molecular complexity index is 453. The average Bonchev–Trinajstić information content (AvgIpc) is 2.22. The van der Waals surface area contributed by atoms with Crippen LogP contribution in [0.25, 0.3) is 0 Å². The van der Waals surface area contributed by atoms with Gasteiger partial charge in [-0.05, 0) is 35.0 Å². The predicted molar refractivity (Wildman–Crippen MR) is 61.9 cm³/mol. The van der Waals surface area contributed by atoms with E-state index in [4.69, 9.17) is 10.5 Å². The quantitative estimate of drug-likeness (QED) is 0.889. The van der Waals surface area contributed by atoms with E-state index < -0.39 is 23.9 Å². The highest BCUT2D eigenvalue weighted by Crippen LogP contribution is 2.26. The zero-order chi connectivity index (χ0) is 13.0. The first-order chi connectivity index (χ1) is 7.90. The summed E-state index contributed by atoms with van der Waals surface area (Å²) >= 11 is 3.14. The van der Waals surface area contributed by atoms with Gasteiger partial charge in [0.15, 0.2) is 6.10 Å². The van der Waals surface area contributed by atoms with E-state index in [1.165, 1.54) is 19.1 Å². The minimum absolute atomic E-state index is 0.164. The van der Waals surface area contributed by atoms with Gasteiger partial charge in [-0.3, -0.25) is 10.1 Å². The first-order valence-electron chi connectivity index (χ1n) is 4.62. The smallest absolute Gasteiger partial charge is 0.318 e. The molecule has 0 saturated heterocycles. The molecule has 0 spiro atoms. The van der Waals surface area contributed by atoms with Crippen molar-refractivity contribution in [3.05, 3.63) is 28.5 Å². The monoisotopic (exact) mass is 304 g/mol. The molecule has 0 aromatic heterocycles. The van der Waals surface area contributed by atoms with E-state index in [9.17, 15) is 14.0 Å². The summed E-state index contributed by atoms with van der Waals surface area (Å²) in [7, 11) is 0. The van der Waals surface area contributed by atoms with Crippen molar-refractivity contribution < 1.29 is 18.7 Å². The molecule has 0 bridgehead atoms. The highest BCUT2D eigenvalue weighted by molar-refractivity contribution is 9.10. The second-order valence-corrected chi connectivity index (χ2v) is 4.04. The van der Waals surface area contributed by atoms with Crippen LogP contribution in [0.2, 0.25) is 0 Å². The molecular formula is C10H10BrFN2O3. The summed E-state index contributed by atoms with van der Waals surface area (Å²) in [5.41, 5.74) is 4.78. The van der Waals surface area contributed by atoms with Crippen LogP contribution in [0.3, 0.4) is 0 Å². The molecule has 3 amide bonds. The summed E-state index contributed by atoms with van der Waals surface area (Å²) in [6.07, 6.45) is -0.972. The van der Waals surface area contributed by atoms with Crippen molar-refractivity contribution in [2.75, 3.05) is 0 Å². The van der Waals surface area contributed by atoms with Crippen molar-refractivity contribution in [2.45, 2.75) is 13.0 Å². The number of hydrogen-bond acceptors (Lipinski definition) is 3. The second-order valence-electron chi connectivity index (χ2n) is 3.19. The van der Waals surface area contributed by atoms with Crippen LogP contribution in [0, 0.1) is 5.82 Å². The molecule has 0 saturated carbocycles. The predicted octanol–water partition coefficient (Wildman–Crippen LogP) is 1.55. The maximum Gasteiger partial charge on any atom is 0.318 e. The fourth-order valence-corrected chi connectivity index (χ4v) is 1.37. The average molecular weight is 305 g/mol. The van der Waals surface area contributed by atoms with Crippen molar-refractivity contribution >= 4 is 27.9 Å². The molecular weight excluding hydrogens is 295 g/mol. The molecule has 1 rings (SSSR count). The van der Waals surface area contributed by atoms with Crippen molar-refractivity contribution in [1.82, 2.24) is 5.32 Å². The van der Waals surface area contributed by atoms with Gasteiger partial charge in [0.25, 0.3) is 5.91 Å². The number of rotatable bonds is 3. The van der Waals surface area contributed by atoms with E-state index in [0.29, 0.717) is 4.47 Å². The first-order valence-corrected chi connectivity index (χ1v) is 5.41. The van der Waals surface area contributed by atoms with Gasteiger partial charge in [-0.25, -0.2) is 9.18 Å². The molecule has 5 nitrogen and oxygen atoms in total. The van der Waals surface area contributed by atoms with Gasteiger partial charge in [-0.1, -0.05) is 0 Å². The molecule has 0 radical (unpaired) electrons. The number of urea groups is 1. The van der Waals surface area contributed by atoms with Crippen LogP contribution in [0.5, 0.6) is 5.75 Å². The van der Waals surface area contributed by atoms with Crippen LogP contribution in [-0.2, 0) is 4.79 Å². The fraction of sp³-hybridized carbons (Fsp3) is 0.200. The number of amides is 3. The second kappa shape index (κ2) is 5.62. The van der Waals surface area contributed by atoms with Crippen LogP contribution < -0.4 is 15.8 Å². The number of carbonyl (C=O) groups excluding carboxylic acids is 2. The van der Waals surface area contributed by atoms with Gasteiger partial charge in [0.1, 0.15) is 11.6 Å². The van der Waals surface area contributed by atoms with Gasteiger partial charge in [-0.2, -0.15) is 0 Å². The fourth-order valence-electron chi connectivity index (χ4n) is 1.03. The highest BCUT2D eigenvalue weighted by Gasteiger charge is 2.17. The summed E-state index contributed by atoms with van der Waals surface area (Å²) in [6.45, 7) is 1.41. The Morgan fingerprint density at radius 1 is 1.53 bits per heavy atom. The summed E-state index contributed by atoms with van der Waals surface area (Å²) in [5.74, 6) is -1.03. The Balaban J connectivity index is 2.73. The number of carbonyl (C=O) groups is 2. The minimum Gasteiger partial charge on any atom is -0.480 e. The normalized spacial score (nSPS) is 11.7. The molecule has 0 aliphatic carbocycles. The Hall–Kier alpha value is -1.63. The zero-order valence-electron chi connectivity index (χ0n) is 8.87. The molecule has 0 fully saturated rings. The van der Waals surface area contributed by atoms with Gasteiger partial charge < -0.3 is 10.5 Å². The number of nitrogens with two attached hydrogens (primary N) is 1. The Morgan fingerprint density at radius 2 is 2.18 bits per heavy atom. The molecule has 17 heavy (non-hydrogen) atoms. The lowest BCUT2D eigenvalue weighted by molar-refractivity contribution is -0.126. The Labute approximate surface area is 105 Å². The third-order valence-corrected chi connectivity index (χ3v) is 2.47. The van der Waals surface area contributed by atoms with Crippen LogP contribution in [0.4, 0.5) is 9.18 Å².